The van der Waals surface area contributed by atoms with Crippen LogP contribution in [0.2, 0.25) is 0 Å². The lowest BCUT2D eigenvalue weighted by Crippen LogP contribution is -2.46. The highest BCUT2D eigenvalue weighted by Crippen LogP contribution is 2.31. The second kappa shape index (κ2) is 4.66. The molecule has 1 aromatic carbocycles. The maximum Gasteiger partial charge on any atom is 0.150 e. The first-order chi connectivity index (χ1) is 7.78. The van der Waals surface area contributed by atoms with E-state index in [1.807, 2.05) is 12.1 Å². The fourth-order valence-electron chi connectivity index (χ4n) is 1.66. The molecule has 0 aromatic heterocycles. The van der Waals surface area contributed by atoms with Crippen LogP contribution in [0.25, 0.3) is 0 Å². The van der Waals surface area contributed by atoms with Crippen LogP contribution in [-0.4, -0.2) is 26.1 Å². The van der Waals surface area contributed by atoms with Gasteiger partial charge in [-0.15, -0.1) is 0 Å². The third kappa shape index (κ3) is 2.25. The summed E-state index contributed by atoms with van der Waals surface area (Å²) in [7, 11) is 0. The van der Waals surface area contributed by atoms with Gasteiger partial charge in [0.2, 0.25) is 0 Å². The number of benzene rings is 1. The molecule has 0 atom stereocenters. The minimum Gasteiger partial charge on any atom is -0.493 e. The van der Waals surface area contributed by atoms with Crippen LogP contribution < -0.4 is 4.74 Å². The van der Waals surface area contributed by atoms with Gasteiger partial charge in [-0.3, -0.25) is 4.79 Å². The van der Waals surface area contributed by atoms with Gasteiger partial charge in [-0.1, -0.05) is 6.92 Å². The van der Waals surface area contributed by atoms with Crippen LogP contribution in [-0.2, 0) is 4.74 Å². The largest absolute Gasteiger partial charge is 0.493 e. The zero-order valence-corrected chi connectivity index (χ0v) is 9.44. The predicted molar refractivity (Wildman–Crippen MR) is 60.9 cm³/mol. The number of carbonyl (C=O) groups is 1. The lowest BCUT2D eigenvalue weighted by atomic mass is 9.84. The topological polar surface area (TPSA) is 35.5 Å². The van der Waals surface area contributed by atoms with Gasteiger partial charge in [0.1, 0.15) is 12.0 Å². The number of hydrogen-bond acceptors (Lipinski definition) is 3. The molecule has 1 aliphatic heterocycles. The molecular weight excluding hydrogens is 204 g/mol. The fraction of sp³-hybridized carbons (Fsp3) is 0.462. The number of rotatable bonds is 5. The molecule has 3 heteroatoms. The SMILES string of the molecule is CCC1(COc2ccc(C=O)cc2)COC1. The molecule has 0 unspecified atom stereocenters. The van der Waals surface area contributed by atoms with Crippen LogP contribution in [0.5, 0.6) is 5.75 Å². The molecular formula is C13H16O3. The number of carbonyl (C=O) groups excluding carboxylic acids is 1. The van der Waals surface area contributed by atoms with Gasteiger partial charge in [-0.05, 0) is 30.7 Å². The summed E-state index contributed by atoms with van der Waals surface area (Å²) in [6, 6.07) is 7.18. The third-order valence-electron chi connectivity index (χ3n) is 3.13. The molecule has 0 N–H and O–H groups in total. The van der Waals surface area contributed by atoms with Crippen molar-refractivity contribution in [2.75, 3.05) is 19.8 Å². The van der Waals surface area contributed by atoms with Crippen LogP contribution in [0.1, 0.15) is 23.7 Å². The molecule has 1 fully saturated rings. The van der Waals surface area contributed by atoms with Crippen LogP contribution >= 0.6 is 0 Å². The molecule has 1 heterocycles. The Morgan fingerprint density at radius 2 is 2.06 bits per heavy atom. The molecule has 1 aliphatic rings. The molecule has 1 saturated heterocycles. The average molecular weight is 220 g/mol. The van der Waals surface area contributed by atoms with Crippen molar-refractivity contribution < 1.29 is 14.3 Å². The summed E-state index contributed by atoms with van der Waals surface area (Å²) in [6.07, 6.45) is 1.90. The highest BCUT2D eigenvalue weighted by molar-refractivity contribution is 5.74. The van der Waals surface area contributed by atoms with Crippen molar-refractivity contribution >= 4 is 6.29 Å². The summed E-state index contributed by atoms with van der Waals surface area (Å²) in [5.74, 6) is 0.810. The Kier molecular flexibility index (Phi) is 3.25. The Bertz CT molecular complexity index is 346. The molecule has 3 nitrogen and oxygen atoms in total. The van der Waals surface area contributed by atoms with Crippen LogP contribution in [0, 0.1) is 5.41 Å². The molecule has 0 saturated carbocycles. The molecule has 1 aromatic rings. The van der Waals surface area contributed by atoms with Crippen LogP contribution in [0.15, 0.2) is 24.3 Å². The van der Waals surface area contributed by atoms with Crippen molar-refractivity contribution in [3.63, 3.8) is 0 Å². The van der Waals surface area contributed by atoms with Gasteiger partial charge in [0.15, 0.2) is 0 Å². The van der Waals surface area contributed by atoms with Crippen molar-refractivity contribution in [3.8, 4) is 5.75 Å². The zero-order valence-electron chi connectivity index (χ0n) is 9.44. The summed E-state index contributed by atoms with van der Waals surface area (Å²) in [5, 5.41) is 0. The number of hydrogen-bond donors (Lipinski definition) is 0. The highest BCUT2D eigenvalue weighted by Gasteiger charge is 2.37. The maximum absolute atomic E-state index is 10.5. The van der Waals surface area contributed by atoms with Crippen LogP contribution in [0.4, 0.5) is 0 Å². The van der Waals surface area contributed by atoms with Gasteiger partial charge in [0.25, 0.3) is 0 Å². The quantitative estimate of drug-likeness (QED) is 0.714. The maximum atomic E-state index is 10.5. The smallest absolute Gasteiger partial charge is 0.150 e. The van der Waals surface area contributed by atoms with Crippen molar-refractivity contribution in [2.45, 2.75) is 13.3 Å². The van der Waals surface area contributed by atoms with Crippen molar-refractivity contribution in [3.05, 3.63) is 29.8 Å². The Balaban J connectivity index is 1.91. The Morgan fingerprint density at radius 3 is 2.50 bits per heavy atom. The highest BCUT2D eigenvalue weighted by atomic mass is 16.5. The third-order valence-corrected chi connectivity index (χ3v) is 3.13. The van der Waals surface area contributed by atoms with E-state index in [1.54, 1.807) is 12.1 Å². The second-order valence-electron chi connectivity index (χ2n) is 4.32. The molecule has 0 radical (unpaired) electrons. The first-order valence-electron chi connectivity index (χ1n) is 5.54. The first kappa shape index (κ1) is 11.1. The van der Waals surface area contributed by atoms with E-state index in [9.17, 15) is 4.79 Å². The summed E-state index contributed by atoms with van der Waals surface area (Å²) in [4.78, 5) is 10.5. The summed E-state index contributed by atoms with van der Waals surface area (Å²) in [5.41, 5.74) is 0.869. The van der Waals surface area contributed by atoms with Crippen molar-refractivity contribution in [1.29, 1.82) is 0 Å². The molecule has 86 valence electrons. The Hall–Kier alpha value is -1.35. The van der Waals surface area contributed by atoms with Gasteiger partial charge in [-0.2, -0.15) is 0 Å². The lowest BCUT2D eigenvalue weighted by molar-refractivity contribution is -0.133. The normalized spacial score (nSPS) is 17.6. The minimum atomic E-state index is 0.198. The van der Waals surface area contributed by atoms with Crippen molar-refractivity contribution in [1.82, 2.24) is 0 Å². The number of aldehydes is 1. The minimum absolute atomic E-state index is 0.198. The van der Waals surface area contributed by atoms with Gasteiger partial charge in [0.05, 0.1) is 25.2 Å². The molecule has 0 bridgehead atoms. The molecule has 0 spiro atoms. The van der Waals surface area contributed by atoms with E-state index in [4.69, 9.17) is 9.47 Å². The van der Waals surface area contributed by atoms with E-state index in [0.717, 1.165) is 31.7 Å². The fourth-order valence-corrected chi connectivity index (χ4v) is 1.66. The molecule has 0 aliphatic carbocycles. The molecule has 0 amide bonds. The summed E-state index contributed by atoms with van der Waals surface area (Å²) in [6.45, 7) is 4.41. The lowest BCUT2D eigenvalue weighted by Gasteiger charge is -2.40. The van der Waals surface area contributed by atoms with Gasteiger partial charge < -0.3 is 9.47 Å². The predicted octanol–water partition coefficient (Wildman–Crippen LogP) is 2.30. The summed E-state index contributed by atoms with van der Waals surface area (Å²) < 4.78 is 10.9. The second-order valence-corrected chi connectivity index (χ2v) is 4.32. The summed E-state index contributed by atoms with van der Waals surface area (Å²) >= 11 is 0. The van der Waals surface area contributed by atoms with Gasteiger partial charge >= 0.3 is 0 Å². The standard InChI is InChI=1S/C13H16O3/c1-2-13(8-15-9-13)10-16-12-5-3-11(7-14)4-6-12/h3-7H,2,8-10H2,1H3. The van der Waals surface area contributed by atoms with Crippen molar-refractivity contribution in [2.24, 2.45) is 5.41 Å². The van der Waals surface area contributed by atoms with Gasteiger partial charge in [0, 0.05) is 5.56 Å². The van der Waals surface area contributed by atoms with E-state index in [-0.39, 0.29) is 5.41 Å². The van der Waals surface area contributed by atoms with E-state index < -0.39 is 0 Å². The first-order valence-corrected chi connectivity index (χ1v) is 5.54. The van der Waals surface area contributed by atoms with E-state index in [1.165, 1.54) is 0 Å². The van der Waals surface area contributed by atoms with E-state index in [0.29, 0.717) is 12.2 Å². The molecule has 2 rings (SSSR count). The monoisotopic (exact) mass is 220 g/mol. The van der Waals surface area contributed by atoms with Crippen LogP contribution in [0.3, 0.4) is 0 Å². The Labute approximate surface area is 95.4 Å². The molecule has 16 heavy (non-hydrogen) atoms. The zero-order chi connectivity index (χ0) is 11.4. The van der Waals surface area contributed by atoms with E-state index in [2.05, 4.69) is 6.92 Å². The number of ether oxygens (including phenoxy) is 2. The Morgan fingerprint density at radius 1 is 1.38 bits per heavy atom. The van der Waals surface area contributed by atoms with Gasteiger partial charge in [-0.25, -0.2) is 0 Å². The van der Waals surface area contributed by atoms with E-state index >= 15 is 0 Å². The average Bonchev–Trinajstić information content (AvgIpc) is 2.29.